The highest BCUT2D eigenvalue weighted by atomic mass is 79.9. The third-order valence-corrected chi connectivity index (χ3v) is 3.72. The molecule has 3 aromatic rings. The molecule has 0 saturated carbocycles. The lowest BCUT2D eigenvalue weighted by atomic mass is 10.2. The third-order valence-electron chi connectivity index (χ3n) is 3.05. The van der Waals surface area contributed by atoms with Crippen LogP contribution in [0.25, 0.3) is 11.2 Å². The van der Waals surface area contributed by atoms with E-state index in [1.165, 1.54) is 0 Å². The van der Waals surface area contributed by atoms with Crippen LogP contribution in [-0.4, -0.2) is 20.9 Å². The summed E-state index contributed by atoms with van der Waals surface area (Å²) < 4.78 is 6.25. The summed E-state index contributed by atoms with van der Waals surface area (Å²) >= 11 is 9.22. The van der Waals surface area contributed by atoms with Crippen LogP contribution in [0.15, 0.2) is 41.0 Å². The normalized spacial score (nSPS) is 12.3. The van der Waals surface area contributed by atoms with E-state index in [4.69, 9.17) is 16.3 Å². The summed E-state index contributed by atoms with van der Waals surface area (Å²) in [6, 6.07) is 8.48. The number of aromatic amines is 1. The fourth-order valence-electron chi connectivity index (χ4n) is 1.99. The molecule has 0 radical (unpaired) electrons. The number of nitrogens with zero attached hydrogens (tertiary/aromatic N) is 2. The first kappa shape index (κ1) is 15.0. The summed E-state index contributed by atoms with van der Waals surface area (Å²) in [5.41, 5.74) is 1.75. The van der Waals surface area contributed by atoms with Gasteiger partial charge in [0.2, 0.25) is 0 Å². The Balaban J connectivity index is 1.80. The second kappa shape index (κ2) is 6.06. The average Bonchev–Trinajstić information content (AvgIpc) is 2.90. The number of aromatic nitrogens is 3. The van der Waals surface area contributed by atoms with Crippen molar-refractivity contribution >= 4 is 44.7 Å². The topological polar surface area (TPSA) is 67.9 Å². The highest BCUT2D eigenvalue weighted by Crippen LogP contribution is 2.21. The summed E-state index contributed by atoms with van der Waals surface area (Å²) in [6.07, 6.45) is 1.13. The van der Waals surface area contributed by atoms with Gasteiger partial charge < -0.3 is 9.72 Å². The number of fused-ring (bicyclic) bond motifs is 1. The predicted octanol–water partition coefficient (Wildman–Crippen LogP) is 4.29. The Morgan fingerprint density at radius 2 is 2.23 bits per heavy atom. The first-order valence-electron chi connectivity index (χ1n) is 6.50. The van der Waals surface area contributed by atoms with E-state index >= 15 is 0 Å². The van der Waals surface area contributed by atoms with Crippen molar-refractivity contribution in [3.05, 3.63) is 57.4 Å². The van der Waals surface area contributed by atoms with Crippen LogP contribution in [0.4, 0.5) is 0 Å². The van der Waals surface area contributed by atoms with E-state index < -0.39 is 12.1 Å². The molecule has 0 spiro atoms. The quantitative estimate of drug-likeness (QED) is 0.688. The second-order valence-electron chi connectivity index (χ2n) is 4.70. The molecule has 1 N–H and O–H groups in total. The Kier molecular flexibility index (Phi) is 4.13. The molecule has 7 heteroatoms. The number of rotatable bonds is 3. The Morgan fingerprint density at radius 3 is 3.00 bits per heavy atom. The van der Waals surface area contributed by atoms with Gasteiger partial charge in [0.15, 0.2) is 11.8 Å². The Bertz CT molecular complexity index is 850. The maximum atomic E-state index is 12.1. The highest BCUT2D eigenvalue weighted by Gasteiger charge is 2.17. The molecule has 0 amide bonds. The molecule has 0 aliphatic heterocycles. The number of benzene rings is 1. The van der Waals surface area contributed by atoms with Crippen molar-refractivity contribution in [2.24, 2.45) is 0 Å². The molecule has 3 rings (SSSR count). The van der Waals surface area contributed by atoms with Gasteiger partial charge in [-0.25, -0.2) is 14.8 Å². The van der Waals surface area contributed by atoms with Crippen LogP contribution < -0.4 is 0 Å². The van der Waals surface area contributed by atoms with Crippen molar-refractivity contribution in [2.45, 2.75) is 13.0 Å². The van der Waals surface area contributed by atoms with Crippen molar-refractivity contribution < 1.29 is 9.53 Å². The number of carbonyl (C=O) groups excluding carboxylic acids is 1. The molecule has 5 nitrogen and oxygen atoms in total. The maximum absolute atomic E-state index is 12.1. The number of pyridine rings is 1. The number of hydrogen-bond donors (Lipinski definition) is 1. The molecule has 0 saturated heterocycles. The van der Waals surface area contributed by atoms with Gasteiger partial charge in [-0.1, -0.05) is 17.7 Å². The number of halogens is 2. The molecule has 0 fully saturated rings. The molecule has 2 heterocycles. The van der Waals surface area contributed by atoms with Crippen LogP contribution in [0.2, 0.25) is 5.02 Å². The number of esters is 1. The molecular weight excluding hydrogens is 370 g/mol. The second-order valence-corrected chi connectivity index (χ2v) is 6.06. The van der Waals surface area contributed by atoms with E-state index in [1.807, 2.05) is 6.07 Å². The summed E-state index contributed by atoms with van der Waals surface area (Å²) in [5.74, 6) is 0.0839. The Morgan fingerprint density at radius 1 is 1.41 bits per heavy atom. The van der Waals surface area contributed by atoms with Gasteiger partial charge in [-0.3, -0.25) is 0 Å². The van der Waals surface area contributed by atoms with Crippen molar-refractivity contribution in [3.63, 3.8) is 0 Å². The lowest BCUT2D eigenvalue weighted by molar-refractivity contribution is 0.0322. The molecule has 0 aliphatic rings. The van der Waals surface area contributed by atoms with Gasteiger partial charge >= 0.3 is 5.97 Å². The van der Waals surface area contributed by atoms with Crippen LogP contribution in [0.5, 0.6) is 0 Å². The van der Waals surface area contributed by atoms with Gasteiger partial charge in [-0.15, -0.1) is 0 Å². The maximum Gasteiger partial charge on any atom is 0.338 e. The molecule has 1 unspecified atom stereocenters. The summed E-state index contributed by atoms with van der Waals surface area (Å²) in [5, 5.41) is 0.486. The van der Waals surface area contributed by atoms with Gasteiger partial charge in [0, 0.05) is 15.7 Å². The fourth-order valence-corrected chi connectivity index (χ4v) is 2.51. The average molecular weight is 381 g/mol. The van der Waals surface area contributed by atoms with E-state index in [9.17, 15) is 4.79 Å². The number of imidazole rings is 1. The molecule has 1 atom stereocenters. The van der Waals surface area contributed by atoms with Crippen LogP contribution in [0, 0.1) is 0 Å². The zero-order valence-corrected chi connectivity index (χ0v) is 13.9. The van der Waals surface area contributed by atoms with Crippen molar-refractivity contribution in [1.82, 2.24) is 15.0 Å². The zero-order valence-electron chi connectivity index (χ0n) is 11.5. The number of carbonyl (C=O) groups is 1. The van der Waals surface area contributed by atoms with Crippen LogP contribution in [0.1, 0.15) is 29.2 Å². The molecule has 22 heavy (non-hydrogen) atoms. The van der Waals surface area contributed by atoms with Gasteiger partial charge in [-0.2, -0.15) is 0 Å². The van der Waals surface area contributed by atoms with Gasteiger partial charge in [-0.05, 0) is 47.1 Å². The van der Waals surface area contributed by atoms with Crippen molar-refractivity contribution in [3.8, 4) is 0 Å². The van der Waals surface area contributed by atoms with Crippen LogP contribution >= 0.6 is 27.5 Å². The highest BCUT2D eigenvalue weighted by molar-refractivity contribution is 9.10. The van der Waals surface area contributed by atoms with E-state index in [0.717, 1.165) is 9.99 Å². The fraction of sp³-hybridized carbons (Fsp3) is 0.133. The minimum Gasteiger partial charge on any atom is -0.451 e. The van der Waals surface area contributed by atoms with E-state index in [2.05, 4.69) is 30.9 Å². The van der Waals surface area contributed by atoms with Gasteiger partial charge in [0.1, 0.15) is 5.82 Å². The van der Waals surface area contributed by atoms with Gasteiger partial charge in [0.05, 0.1) is 11.1 Å². The number of nitrogens with one attached hydrogen (secondary N) is 1. The predicted molar refractivity (Wildman–Crippen MR) is 86.9 cm³/mol. The number of H-pyrrole nitrogens is 1. The lowest BCUT2D eigenvalue weighted by Crippen LogP contribution is -2.10. The minimum absolute atomic E-state index is 0.399. The molecule has 0 aliphatic carbocycles. The summed E-state index contributed by atoms with van der Waals surface area (Å²) in [6.45, 7) is 1.75. The molecule has 1 aromatic carbocycles. The molecule has 2 aromatic heterocycles. The van der Waals surface area contributed by atoms with E-state index in [0.29, 0.717) is 22.1 Å². The smallest absolute Gasteiger partial charge is 0.338 e. The molecule has 112 valence electrons. The van der Waals surface area contributed by atoms with E-state index in [-0.39, 0.29) is 0 Å². The Labute approximate surface area is 139 Å². The minimum atomic E-state index is -0.528. The first-order chi connectivity index (χ1) is 10.5. The van der Waals surface area contributed by atoms with Crippen molar-refractivity contribution in [2.75, 3.05) is 0 Å². The van der Waals surface area contributed by atoms with E-state index in [1.54, 1.807) is 37.4 Å². The third kappa shape index (κ3) is 3.13. The lowest BCUT2D eigenvalue weighted by Gasteiger charge is -2.10. The number of hydrogen-bond acceptors (Lipinski definition) is 4. The summed E-state index contributed by atoms with van der Waals surface area (Å²) in [7, 11) is 0. The van der Waals surface area contributed by atoms with Crippen LogP contribution in [-0.2, 0) is 4.74 Å². The largest absolute Gasteiger partial charge is 0.451 e. The summed E-state index contributed by atoms with van der Waals surface area (Å²) in [4.78, 5) is 23.7. The van der Waals surface area contributed by atoms with Crippen LogP contribution in [0.3, 0.4) is 0 Å². The number of ether oxygens (including phenoxy) is 1. The molecule has 0 bridgehead atoms. The molecular formula is C15H11BrClN3O2. The zero-order chi connectivity index (χ0) is 15.7. The standard InChI is InChI=1S/C15H11BrClN3O2/c1-8(22-15(21)9-3-2-4-11(17)5-9)13-19-12-6-10(16)7-18-14(12)20-13/h2-8H,1H3,(H,18,19,20). The van der Waals surface area contributed by atoms with Crippen molar-refractivity contribution in [1.29, 1.82) is 0 Å². The SMILES string of the molecule is CC(OC(=O)c1cccc(Cl)c1)c1nc2ncc(Br)cc2[nH]1. The van der Waals surface area contributed by atoms with Gasteiger partial charge in [0.25, 0.3) is 0 Å². The Hall–Kier alpha value is -1.92. The first-order valence-corrected chi connectivity index (χ1v) is 7.68. The monoisotopic (exact) mass is 379 g/mol.